The summed E-state index contributed by atoms with van der Waals surface area (Å²) < 4.78 is 0. The number of hydrogen-bond donors (Lipinski definition) is 2. The Bertz CT molecular complexity index is 608. The molecule has 0 aromatic heterocycles. The molecule has 2 aliphatic rings. The van der Waals surface area contributed by atoms with Gasteiger partial charge in [-0.1, -0.05) is 12.1 Å². The summed E-state index contributed by atoms with van der Waals surface area (Å²) in [6.45, 7) is 1.71. The molecule has 0 unspecified atom stereocenters. The first-order valence-corrected chi connectivity index (χ1v) is 10.1. The van der Waals surface area contributed by atoms with E-state index in [2.05, 4.69) is 5.32 Å². The molecule has 0 atom stereocenters. The predicted molar refractivity (Wildman–Crippen MR) is 98.7 cm³/mol. The third-order valence-corrected chi connectivity index (χ3v) is 6.03. The van der Waals surface area contributed by atoms with Crippen molar-refractivity contribution in [2.75, 3.05) is 18.8 Å². The molecule has 1 saturated heterocycles. The molecule has 5 nitrogen and oxygen atoms in total. The van der Waals surface area contributed by atoms with Gasteiger partial charge in [0.15, 0.2) is 0 Å². The van der Waals surface area contributed by atoms with Gasteiger partial charge in [-0.3, -0.25) is 9.59 Å². The second kappa shape index (κ2) is 8.72. The maximum Gasteiger partial charge on any atom is 0.252 e. The van der Waals surface area contributed by atoms with E-state index in [1.165, 1.54) is 11.8 Å². The Morgan fingerprint density at radius 2 is 1.80 bits per heavy atom. The molecule has 1 heterocycles. The summed E-state index contributed by atoms with van der Waals surface area (Å²) >= 11 is 1.44. The monoisotopic (exact) mass is 362 g/mol. The molecular weight excluding hydrogens is 336 g/mol. The number of nitrogens with zero attached hydrogens (tertiary/aromatic N) is 1. The lowest BCUT2D eigenvalue weighted by atomic mass is 9.93. The summed E-state index contributed by atoms with van der Waals surface area (Å²) in [7, 11) is 0. The third kappa shape index (κ3) is 4.98. The number of thioether (sulfide) groups is 1. The minimum absolute atomic E-state index is 0.0851. The second-order valence-corrected chi connectivity index (χ2v) is 7.87. The van der Waals surface area contributed by atoms with Crippen LogP contribution in [0.15, 0.2) is 29.2 Å². The van der Waals surface area contributed by atoms with Gasteiger partial charge in [0, 0.05) is 24.0 Å². The lowest BCUT2D eigenvalue weighted by Crippen LogP contribution is -2.38. The zero-order valence-corrected chi connectivity index (χ0v) is 15.3. The van der Waals surface area contributed by atoms with Gasteiger partial charge in [-0.25, -0.2) is 0 Å². The highest BCUT2D eigenvalue weighted by molar-refractivity contribution is 8.00. The number of aliphatic hydroxyl groups is 1. The molecule has 136 valence electrons. The van der Waals surface area contributed by atoms with Crippen molar-refractivity contribution in [2.45, 2.75) is 55.6 Å². The molecular formula is C19H26N2O3S. The molecule has 1 saturated carbocycles. The van der Waals surface area contributed by atoms with Crippen molar-refractivity contribution >= 4 is 23.6 Å². The van der Waals surface area contributed by atoms with Crippen LogP contribution in [0.1, 0.15) is 48.9 Å². The van der Waals surface area contributed by atoms with Crippen LogP contribution in [0.3, 0.4) is 0 Å². The van der Waals surface area contributed by atoms with Crippen LogP contribution in [0.5, 0.6) is 0 Å². The smallest absolute Gasteiger partial charge is 0.252 e. The van der Waals surface area contributed by atoms with Crippen LogP contribution in [0.2, 0.25) is 0 Å². The van der Waals surface area contributed by atoms with Gasteiger partial charge in [-0.2, -0.15) is 0 Å². The first-order chi connectivity index (χ1) is 12.1. The summed E-state index contributed by atoms with van der Waals surface area (Å²) in [5, 5.41) is 12.7. The Morgan fingerprint density at radius 3 is 2.52 bits per heavy atom. The van der Waals surface area contributed by atoms with Crippen molar-refractivity contribution in [1.82, 2.24) is 10.2 Å². The highest BCUT2D eigenvalue weighted by Gasteiger charge is 2.23. The molecule has 2 amide bonds. The number of aliphatic hydroxyl groups excluding tert-OH is 1. The van der Waals surface area contributed by atoms with E-state index in [4.69, 9.17) is 0 Å². The van der Waals surface area contributed by atoms with Crippen molar-refractivity contribution in [1.29, 1.82) is 0 Å². The first kappa shape index (κ1) is 18.3. The highest BCUT2D eigenvalue weighted by atomic mass is 32.2. The Labute approximate surface area is 153 Å². The van der Waals surface area contributed by atoms with Crippen LogP contribution in [-0.2, 0) is 4.79 Å². The number of rotatable bonds is 5. The van der Waals surface area contributed by atoms with E-state index in [-0.39, 0.29) is 24.0 Å². The van der Waals surface area contributed by atoms with Crippen LogP contribution in [-0.4, -0.2) is 52.8 Å². The van der Waals surface area contributed by atoms with E-state index in [9.17, 15) is 14.7 Å². The quantitative estimate of drug-likeness (QED) is 0.790. The van der Waals surface area contributed by atoms with Gasteiger partial charge in [0.25, 0.3) is 5.91 Å². The van der Waals surface area contributed by atoms with Crippen molar-refractivity contribution in [3.05, 3.63) is 29.8 Å². The van der Waals surface area contributed by atoms with Crippen LogP contribution in [0.4, 0.5) is 0 Å². The van der Waals surface area contributed by atoms with Crippen molar-refractivity contribution in [2.24, 2.45) is 0 Å². The molecule has 2 fully saturated rings. The lowest BCUT2D eigenvalue weighted by Gasteiger charge is -2.26. The number of benzene rings is 1. The predicted octanol–water partition coefficient (Wildman–Crippen LogP) is 2.43. The summed E-state index contributed by atoms with van der Waals surface area (Å²) in [4.78, 5) is 27.6. The average Bonchev–Trinajstić information content (AvgIpc) is 3.16. The van der Waals surface area contributed by atoms with E-state index in [0.717, 1.165) is 56.5 Å². The standard InChI is InChI=1S/C19H26N2O3S/c22-15-9-7-14(8-10-15)20-19(24)16-5-1-2-6-17(16)25-13-18(23)21-11-3-4-12-21/h1-2,5-6,14-15,22H,3-4,7-13H2,(H,20,24). The van der Waals surface area contributed by atoms with Gasteiger partial charge in [0.2, 0.25) is 5.91 Å². The summed E-state index contributed by atoms with van der Waals surface area (Å²) in [5.74, 6) is 0.442. The number of carbonyl (C=O) groups is 2. The highest BCUT2D eigenvalue weighted by Crippen LogP contribution is 2.25. The van der Waals surface area contributed by atoms with Crippen LogP contribution >= 0.6 is 11.8 Å². The van der Waals surface area contributed by atoms with Crippen LogP contribution in [0.25, 0.3) is 0 Å². The average molecular weight is 362 g/mol. The molecule has 1 aromatic carbocycles. The minimum Gasteiger partial charge on any atom is -0.393 e. The van der Waals surface area contributed by atoms with Crippen molar-refractivity contribution < 1.29 is 14.7 Å². The minimum atomic E-state index is -0.229. The Hall–Kier alpha value is -1.53. The van der Waals surface area contributed by atoms with Gasteiger partial charge in [-0.15, -0.1) is 11.8 Å². The summed E-state index contributed by atoms with van der Waals surface area (Å²) in [6, 6.07) is 7.60. The topological polar surface area (TPSA) is 69.6 Å². The molecule has 1 aliphatic heterocycles. The Balaban J connectivity index is 1.58. The van der Waals surface area contributed by atoms with Crippen molar-refractivity contribution in [3.63, 3.8) is 0 Å². The summed E-state index contributed by atoms with van der Waals surface area (Å²) in [5.41, 5.74) is 0.632. The van der Waals surface area contributed by atoms with Gasteiger partial charge in [0.05, 0.1) is 17.4 Å². The van der Waals surface area contributed by atoms with Gasteiger partial charge in [-0.05, 0) is 50.7 Å². The molecule has 1 aliphatic carbocycles. The molecule has 3 rings (SSSR count). The van der Waals surface area contributed by atoms with E-state index in [0.29, 0.717) is 11.3 Å². The van der Waals surface area contributed by atoms with Crippen LogP contribution < -0.4 is 5.32 Å². The number of amides is 2. The fraction of sp³-hybridized carbons (Fsp3) is 0.579. The SMILES string of the molecule is O=C(NC1CCC(O)CC1)c1ccccc1SCC(=O)N1CCCC1. The zero-order chi connectivity index (χ0) is 17.6. The Morgan fingerprint density at radius 1 is 1.12 bits per heavy atom. The molecule has 6 heteroatoms. The first-order valence-electron chi connectivity index (χ1n) is 9.12. The largest absolute Gasteiger partial charge is 0.393 e. The molecule has 0 bridgehead atoms. The number of likely N-dealkylation sites (tertiary alicyclic amines) is 1. The zero-order valence-electron chi connectivity index (χ0n) is 14.4. The number of nitrogens with one attached hydrogen (secondary N) is 1. The summed E-state index contributed by atoms with van der Waals surface area (Å²) in [6.07, 6.45) is 5.06. The molecule has 0 spiro atoms. The molecule has 0 radical (unpaired) electrons. The van der Waals surface area contributed by atoms with Gasteiger partial charge >= 0.3 is 0 Å². The normalized spacial score (nSPS) is 23.5. The second-order valence-electron chi connectivity index (χ2n) is 6.85. The molecule has 2 N–H and O–H groups in total. The van der Waals surface area contributed by atoms with Gasteiger partial charge in [0.1, 0.15) is 0 Å². The molecule has 25 heavy (non-hydrogen) atoms. The van der Waals surface area contributed by atoms with E-state index in [1.54, 1.807) is 0 Å². The van der Waals surface area contributed by atoms with E-state index < -0.39 is 0 Å². The van der Waals surface area contributed by atoms with E-state index >= 15 is 0 Å². The third-order valence-electron chi connectivity index (χ3n) is 4.97. The Kier molecular flexibility index (Phi) is 6.37. The van der Waals surface area contributed by atoms with Crippen LogP contribution in [0, 0.1) is 0 Å². The van der Waals surface area contributed by atoms with E-state index in [1.807, 2.05) is 29.2 Å². The number of hydrogen-bond acceptors (Lipinski definition) is 4. The molecule has 1 aromatic rings. The fourth-order valence-corrected chi connectivity index (χ4v) is 4.41. The maximum absolute atomic E-state index is 12.6. The maximum atomic E-state index is 12.6. The fourth-order valence-electron chi connectivity index (χ4n) is 3.46. The van der Waals surface area contributed by atoms with Crippen molar-refractivity contribution in [3.8, 4) is 0 Å². The lowest BCUT2D eigenvalue weighted by molar-refractivity contribution is -0.127. The number of carbonyl (C=O) groups excluding carboxylic acids is 2. The van der Waals surface area contributed by atoms with Gasteiger partial charge < -0.3 is 15.3 Å².